The first-order valence-corrected chi connectivity index (χ1v) is 8.51. The van der Waals surface area contributed by atoms with Crippen molar-refractivity contribution >= 4 is 23.2 Å². The van der Waals surface area contributed by atoms with Crippen LogP contribution in [0.5, 0.6) is 0 Å². The predicted octanol–water partition coefficient (Wildman–Crippen LogP) is 3.11. The number of hydrogen-bond donors (Lipinski definition) is 2. The zero-order valence-corrected chi connectivity index (χ0v) is 14.3. The third-order valence-electron chi connectivity index (χ3n) is 3.78. The first kappa shape index (κ1) is 18.1. The molecule has 0 radical (unpaired) electrons. The molecular weight excluding hydrogens is 331 g/mol. The summed E-state index contributed by atoms with van der Waals surface area (Å²) in [5.74, 6) is -1.89. The van der Waals surface area contributed by atoms with Gasteiger partial charge in [-0.15, -0.1) is 11.3 Å². The molecule has 1 aromatic carbocycles. The van der Waals surface area contributed by atoms with Gasteiger partial charge in [0.05, 0.1) is 12.1 Å². The Labute approximate surface area is 143 Å². The molecule has 1 aromatic heterocycles. The van der Waals surface area contributed by atoms with Gasteiger partial charge in [-0.05, 0) is 30.2 Å². The molecule has 1 amide bonds. The zero-order chi connectivity index (χ0) is 17.7. The Hall–Kier alpha value is -2.28. The van der Waals surface area contributed by atoms with Crippen LogP contribution in [-0.4, -0.2) is 28.0 Å². The number of thiazole rings is 1. The summed E-state index contributed by atoms with van der Waals surface area (Å²) in [7, 11) is 0. The van der Waals surface area contributed by atoms with Crippen molar-refractivity contribution in [3.8, 4) is 10.6 Å². The molecule has 0 fully saturated rings. The van der Waals surface area contributed by atoms with Crippen LogP contribution in [0.2, 0.25) is 0 Å². The summed E-state index contributed by atoms with van der Waals surface area (Å²) in [6, 6.07) is 5.06. The molecule has 2 aromatic rings. The van der Waals surface area contributed by atoms with Crippen LogP contribution in [0.1, 0.15) is 26.0 Å². The molecule has 0 spiro atoms. The minimum Gasteiger partial charge on any atom is -0.480 e. The van der Waals surface area contributed by atoms with E-state index in [0.717, 1.165) is 5.56 Å². The Balaban J connectivity index is 2.02. The number of hydrogen-bond acceptors (Lipinski definition) is 4. The Morgan fingerprint density at radius 1 is 1.33 bits per heavy atom. The number of nitrogens with one attached hydrogen (secondary N) is 1. The monoisotopic (exact) mass is 350 g/mol. The number of nitrogens with zero attached hydrogens (tertiary/aromatic N) is 1. The Bertz CT molecular complexity index is 715. The Kier molecular flexibility index (Phi) is 6.03. The summed E-state index contributed by atoms with van der Waals surface area (Å²) in [4.78, 5) is 27.7. The van der Waals surface area contributed by atoms with Crippen molar-refractivity contribution in [2.45, 2.75) is 32.7 Å². The molecular formula is C17H19FN2O3S. The van der Waals surface area contributed by atoms with Crippen LogP contribution in [0, 0.1) is 11.7 Å². The maximum atomic E-state index is 12.9. The molecule has 0 bridgehead atoms. The Morgan fingerprint density at radius 2 is 2.00 bits per heavy atom. The highest BCUT2D eigenvalue weighted by Gasteiger charge is 2.25. The number of aromatic nitrogens is 1. The molecule has 0 saturated carbocycles. The van der Waals surface area contributed by atoms with E-state index >= 15 is 0 Å². The number of benzene rings is 1. The highest BCUT2D eigenvalue weighted by molar-refractivity contribution is 7.13. The van der Waals surface area contributed by atoms with E-state index in [2.05, 4.69) is 10.3 Å². The summed E-state index contributed by atoms with van der Waals surface area (Å²) >= 11 is 1.36. The van der Waals surface area contributed by atoms with Crippen molar-refractivity contribution in [3.63, 3.8) is 0 Å². The van der Waals surface area contributed by atoms with Gasteiger partial charge in [-0.25, -0.2) is 14.2 Å². The van der Waals surface area contributed by atoms with E-state index in [1.807, 2.05) is 6.92 Å². The lowest BCUT2D eigenvalue weighted by molar-refractivity contribution is -0.143. The number of aliphatic carboxylic acids is 1. The molecule has 2 rings (SSSR count). The number of carbonyl (C=O) groups is 2. The summed E-state index contributed by atoms with van der Waals surface area (Å²) in [6.45, 7) is 3.66. The smallest absolute Gasteiger partial charge is 0.326 e. The first-order chi connectivity index (χ1) is 11.4. The van der Waals surface area contributed by atoms with Gasteiger partial charge in [0.25, 0.3) is 0 Å². The lowest BCUT2D eigenvalue weighted by Gasteiger charge is -2.19. The average molecular weight is 350 g/mol. The van der Waals surface area contributed by atoms with Crippen LogP contribution in [0.3, 0.4) is 0 Å². The van der Waals surface area contributed by atoms with Crippen molar-refractivity contribution in [1.82, 2.24) is 10.3 Å². The molecule has 7 heteroatoms. The van der Waals surface area contributed by atoms with Crippen LogP contribution in [-0.2, 0) is 16.0 Å². The minimum atomic E-state index is -1.04. The maximum Gasteiger partial charge on any atom is 0.326 e. The molecule has 24 heavy (non-hydrogen) atoms. The molecule has 2 N–H and O–H groups in total. The van der Waals surface area contributed by atoms with E-state index in [0.29, 0.717) is 17.1 Å². The molecule has 0 unspecified atom stereocenters. The van der Waals surface area contributed by atoms with E-state index in [1.54, 1.807) is 24.4 Å². The van der Waals surface area contributed by atoms with Crippen LogP contribution < -0.4 is 5.32 Å². The summed E-state index contributed by atoms with van der Waals surface area (Å²) in [5.41, 5.74) is 1.33. The molecule has 0 aliphatic heterocycles. The van der Waals surface area contributed by atoms with Crippen LogP contribution in [0.25, 0.3) is 10.6 Å². The third kappa shape index (κ3) is 4.61. The quantitative estimate of drug-likeness (QED) is 0.804. The predicted molar refractivity (Wildman–Crippen MR) is 90.2 cm³/mol. The van der Waals surface area contributed by atoms with Crippen LogP contribution in [0.15, 0.2) is 29.6 Å². The van der Waals surface area contributed by atoms with Crippen molar-refractivity contribution < 1.29 is 19.1 Å². The number of carboxylic acids is 1. The average Bonchev–Trinajstić information content (AvgIpc) is 3.00. The van der Waals surface area contributed by atoms with Crippen molar-refractivity contribution in [1.29, 1.82) is 0 Å². The summed E-state index contributed by atoms with van der Waals surface area (Å²) in [5, 5.41) is 14.2. The summed E-state index contributed by atoms with van der Waals surface area (Å²) in [6.07, 6.45) is 0.667. The molecule has 0 saturated heterocycles. The van der Waals surface area contributed by atoms with Gasteiger partial charge in [0.1, 0.15) is 16.9 Å². The molecule has 0 aliphatic rings. The SMILES string of the molecule is CC[C@H](C)[C@@H](NC(=O)Cc1csc(-c2ccc(F)cc2)n1)C(=O)O. The van der Waals surface area contributed by atoms with E-state index < -0.39 is 12.0 Å². The minimum absolute atomic E-state index is 0.0118. The van der Waals surface area contributed by atoms with Gasteiger partial charge in [-0.2, -0.15) is 0 Å². The second kappa shape index (κ2) is 8.01. The number of carboxylic acid groups (broad SMARTS) is 1. The highest BCUT2D eigenvalue weighted by Crippen LogP contribution is 2.24. The normalized spacial score (nSPS) is 13.3. The standard InChI is InChI=1S/C17H19FN2O3S/c1-3-10(2)15(17(22)23)20-14(21)8-13-9-24-16(19-13)11-4-6-12(18)7-5-11/h4-7,9-10,15H,3,8H2,1-2H3,(H,20,21)(H,22,23)/t10-,15+/m0/s1. The second-order valence-electron chi connectivity index (χ2n) is 5.60. The first-order valence-electron chi connectivity index (χ1n) is 7.63. The molecule has 128 valence electrons. The van der Waals surface area contributed by atoms with Gasteiger partial charge >= 0.3 is 5.97 Å². The van der Waals surface area contributed by atoms with Crippen LogP contribution >= 0.6 is 11.3 Å². The maximum absolute atomic E-state index is 12.9. The van der Waals surface area contributed by atoms with Gasteiger partial charge in [0.2, 0.25) is 5.91 Å². The van der Waals surface area contributed by atoms with Gasteiger partial charge < -0.3 is 10.4 Å². The van der Waals surface area contributed by atoms with E-state index in [9.17, 15) is 19.1 Å². The van der Waals surface area contributed by atoms with Gasteiger partial charge in [0.15, 0.2) is 0 Å². The fourth-order valence-corrected chi connectivity index (χ4v) is 3.01. The number of amides is 1. The molecule has 1 heterocycles. The van der Waals surface area contributed by atoms with Crippen LogP contribution in [0.4, 0.5) is 4.39 Å². The number of rotatable bonds is 7. The molecule has 0 aliphatic carbocycles. The van der Waals surface area contributed by atoms with Crippen molar-refractivity contribution in [3.05, 3.63) is 41.2 Å². The number of carbonyl (C=O) groups excluding carboxylic acids is 1. The zero-order valence-electron chi connectivity index (χ0n) is 13.5. The second-order valence-corrected chi connectivity index (χ2v) is 6.45. The summed E-state index contributed by atoms with van der Waals surface area (Å²) < 4.78 is 12.9. The van der Waals surface area contributed by atoms with Gasteiger partial charge in [-0.1, -0.05) is 20.3 Å². The van der Waals surface area contributed by atoms with E-state index in [4.69, 9.17) is 0 Å². The fraction of sp³-hybridized carbons (Fsp3) is 0.353. The van der Waals surface area contributed by atoms with Crippen molar-refractivity contribution in [2.75, 3.05) is 0 Å². The molecule has 5 nitrogen and oxygen atoms in total. The van der Waals surface area contributed by atoms with Crippen molar-refractivity contribution in [2.24, 2.45) is 5.92 Å². The van der Waals surface area contributed by atoms with E-state index in [-0.39, 0.29) is 24.1 Å². The molecule has 2 atom stereocenters. The number of halogens is 1. The third-order valence-corrected chi connectivity index (χ3v) is 4.72. The van der Waals surface area contributed by atoms with Gasteiger partial charge in [-0.3, -0.25) is 4.79 Å². The van der Waals surface area contributed by atoms with E-state index in [1.165, 1.54) is 23.5 Å². The topological polar surface area (TPSA) is 79.3 Å². The largest absolute Gasteiger partial charge is 0.480 e. The lowest BCUT2D eigenvalue weighted by Crippen LogP contribution is -2.45. The lowest BCUT2D eigenvalue weighted by atomic mass is 9.99. The van der Waals surface area contributed by atoms with Gasteiger partial charge in [0, 0.05) is 10.9 Å². The highest BCUT2D eigenvalue weighted by atomic mass is 32.1. The Morgan fingerprint density at radius 3 is 2.58 bits per heavy atom. The fourth-order valence-electron chi connectivity index (χ4n) is 2.19.